The highest BCUT2D eigenvalue weighted by molar-refractivity contribution is 8.00. The molecule has 2 aromatic rings. The van der Waals surface area contributed by atoms with Crippen LogP contribution in [0, 0.1) is 6.92 Å². The van der Waals surface area contributed by atoms with Crippen LogP contribution >= 0.6 is 11.8 Å². The number of thioether (sulfide) groups is 1. The van der Waals surface area contributed by atoms with Crippen LogP contribution in [0.3, 0.4) is 0 Å². The van der Waals surface area contributed by atoms with E-state index in [0.717, 1.165) is 11.4 Å². The molecule has 0 bridgehead atoms. The van der Waals surface area contributed by atoms with Gasteiger partial charge in [-0.25, -0.2) is 0 Å². The SMILES string of the molecule is Cc1ccc(S[C@@H](C)C(=O)NCc2ccccc2CN(C)C)cc1. The highest BCUT2D eigenvalue weighted by Crippen LogP contribution is 2.23. The van der Waals surface area contributed by atoms with Crippen LogP contribution in [0.25, 0.3) is 0 Å². The lowest BCUT2D eigenvalue weighted by atomic mass is 10.1. The van der Waals surface area contributed by atoms with Crippen molar-refractivity contribution >= 4 is 17.7 Å². The molecule has 0 aliphatic rings. The summed E-state index contributed by atoms with van der Waals surface area (Å²) in [6.45, 7) is 5.46. The maximum absolute atomic E-state index is 12.4. The molecule has 1 atom stereocenters. The topological polar surface area (TPSA) is 32.3 Å². The smallest absolute Gasteiger partial charge is 0.233 e. The molecule has 0 radical (unpaired) electrons. The number of hydrogen-bond donors (Lipinski definition) is 1. The van der Waals surface area contributed by atoms with E-state index in [1.807, 2.05) is 19.1 Å². The van der Waals surface area contributed by atoms with E-state index >= 15 is 0 Å². The first-order chi connectivity index (χ1) is 11.5. The Balaban J connectivity index is 1.91. The molecule has 0 aromatic heterocycles. The summed E-state index contributed by atoms with van der Waals surface area (Å²) in [6.07, 6.45) is 0. The minimum Gasteiger partial charge on any atom is -0.351 e. The first-order valence-corrected chi connectivity index (χ1v) is 9.06. The number of hydrogen-bond acceptors (Lipinski definition) is 3. The van der Waals surface area contributed by atoms with E-state index in [4.69, 9.17) is 0 Å². The van der Waals surface area contributed by atoms with Gasteiger partial charge in [0.1, 0.15) is 0 Å². The summed E-state index contributed by atoms with van der Waals surface area (Å²) in [7, 11) is 4.10. The summed E-state index contributed by atoms with van der Waals surface area (Å²) in [5.41, 5.74) is 3.66. The van der Waals surface area contributed by atoms with Crippen LogP contribution in [0.2, 0.25) is 0 Å². The Hall–Kier alpha value is -1.78. The third kappa shape index (κ3) is 5.69. The average Bonchev–Trinajstić information content (AvgIpc) is 2.55. The lowest BCUT2D eigenvalue weighted by molar-refractivity contribution is -0.120. The number of rotatable bonds is 7. The third-order valence-corrected chi connectivity index (χ3v) is 4.87. The first kappa shape index (κ1) is 18.6. The van der Waals surface area contributed by atoms with Crippen molar-refractivity contribution in [2.45, 2.75) is 37.1 Å². The van der Waals surface area contributed by atoms with Crippen LogP contribution in [0.5, 0.6) is 0 Å². The van der Waals surface area contributed by atoms with E-state index < -0.39 is 0 Å². The van der Waals surface area contributed by atoms with Crippen molar-refractivity contribution in [1.82, 2.24) is 10.2 Å². The lowest BCUT2D eigenvalue weighted by Crippen LogP contribution is -2.31. The number of nitrogens with one attached hydrogen (secondary N) is 1. The van der Waals surface area contributed by atoms with Gasteiger partial charge in [-0.3, -0.25) is 4.79 Å². The second kappa shape index (κ2) is 8.90. The zero-order valence-electron chi connectivity index (χ0n) is 14.9. The molecule has 0 saturated heterocycles. The van der Waals surface area contributed by atoms with Crippen molar-refractivity contribution in [3.8, 4) is 0 Å². The lowest BCUT2D eigenvalue weighted by Gasteiger charge is -2.16. The Morgan fingerprint density at radius 3 is 2.33 bits per heavy atom. The molecule has 0 aliphatic heterocycles. The predicted molar refractivity (Wildman–Crippen MR) is 102 cm³/mol. The summed E-state index contributed by atoms with van der Waals surface area (Å²) in [5.74, 6) is 0.0697. The molecule has 0 aliphatic carbocycles. The maximum atomic E-state index is 12.4. The summed E-state index contributed by atoms with van der Waals surface area (Å²) in [4.78, 5) is 15.6. The summed E-state index contributed by atoms with van der Waals surface area (Å²) >= 11 is 1.59. The van der Waals surface area contributed by atoms with Gasteiger partial charge in [0.15, 0.2) is 0 Å². The monoisotopic (exact) mass is 342 g/mol. The molecule has 0 unspecified atom stereocenters. The molecule has 1 amide bonds. The first-order valence-electron chi connectivity index (χ1n) is 8.18. The van der Waals surface area contributed by atoms with Crippen LogP contribution in [0.1, 0.15) is 23.6 Å². The second-order valence-corrected chi connectivity index (χ2v) is 7.71. The van der Waals surface area contributed by atoms with E-state index in [2.05, 4.69) is 67.6 Å². The second-order valence-electron chi connectivity index (χ2n) is 6.30. The zero-order chi connectivity index (χ0) is 17.5. The van der Waals surface area contributed by atoms with E-state index in [-0.39, 0.29) is 11.2 Å². The fourth-order valence-corrected chi connectivity index (χ4v) is 3.32. The molecule has 3 nitrogen and oxygen atoms in total. The molecule has 2 aromatic carbocycles. The summed E-state index contributed by atoms with van der Waals surface area (Å²) in [5, 5.41) is 2.95. The van der Waals surface area contributed by atoms with Gasteiger partial charge in [0, 0.05) is 18.0 Å². The van der Waals surface area contributed by atoms with Gasteiger partial charge in [0.25, 0.3) is 0 Å². The standard InChI is InChI=1S/C20H26N2OS/c1-15-9-11-19(12-10-15)24-16(2)20(23)21-13-17-7-5-6-8-18(17)14-22(3)4/h5-12,16H,13-14H2,1-4H3,(H,21,23)/t16-/m0/s1. The van der Waals surface area contributed by atoms with E-state index in [9.17, 15) is 4.79 Å². The van der Waals surface area contributed by atoms with Crippen molar-refractivity contribution in [2.75, 3.05) is 14.1 Å². The Morgan fingerprint density at radius 2 is 1.71 bits per heavy atom. The Morgan fingerprint density at radius 1 is 1.08 bits per heavy atom. The van der Waals surface area contributed by atoms with Gasteiger partial charge in [0.05, 0.1) is 5.25 Å². The number of carbonyl (C=O) groups is 1. The molecule has 2 rings (SSSR count). The average molecular weight is 343 g/mol. The summed E-state index contributed by atoms with van der Waals surface area (Å²) in [6, 6.07) is 16.5. The quantitative estimate of drug-likeness (QED) is 0.776. The molecule has 0 saturated carbocycles. The van der Waals surface area contributed by atoms with Crippen molar-refractivity contribution in [3.05, 3.63) is 65.2 Å². The molecular formula is C20H26N2OS. The summed E-state index contributed by atoms with van der Waals surface area (Å²) < 4.78 is 0. The molecule has 1 N–H and O–H groups in total. The molecule has 0 heterocycles. The Kier molecular flexibility index (Phi) is 6.88. The third-order valence-electron chi connectivity index (χ3n) is 3.76. The number of amides is 1. The van der Waals surface area contributed by atoms with Gasteiger partial charge in [-0.2, -0.15) is 0 Å². The minimum absolute atomic E-state index is 0.0697. The van der Waals surface area contributed by atoms with E-state index in [1.54, 1.807) is 11.8 Å². The van der Waals surface area contributed by atoms with Crippen LogP contribution in [-0.4, -0.2) is 30.2 Å². The Labute approximate surface area is 149 Å². The molecule has 0 fully saturated rings. The van der Waals surface area contributed by atoms with Gasteiger partial charge in [-0.15, -0.1) is 11.8 Å². The fourth-order valence-electron chi connectivity index (χ4n) is 2.43. The van der Waals surface area contributed by atoms with Gasteiger partial charge in [0.2, 0.25) is 5.91 Å². The van der Waals surface area contributed by atoms with Crippen molar-refractivity contribution < 1.29 is 4.79 Å². The van der Waals surface area contributed by atoms with Gasteiger partial charge in [-0.05, 0) is 51.2 Å². The Bertz CT molecular complexity index is 668. The van der Waals surface area contributed by atoms with Crippen LogP contribution in [-0.2, 0) is 17.9 Å². The van der Waals surface area contributed by atoms with Crippen molar-refractivity contribution in [2.24, 2.45) is 0 Å². The number of aryl methyl sites for hydroxylation is 1. The maximum Gasteiger partial charge on any atom is 0.233 e. The highest BCUT2D eigenvalue weighted by Gasteiger charge is 2.14. The van der Waals surface area contributed by atoms with Crippen molar-refractivity contribution in [1.29, 1.82) is 0 Å². The van der Waals surface area contributed by atoms with E-state index in [0.29, 0.717) is 6.54 Å². The van der Waals surface area contributed by atoms with Crippen LogP contribution in [0.4, 0.5) is 0 Å². The van der Waals surface area contributed by atoms with Gasteiger partial charge in [-0.1, -0.05) is 42.0 Å². The van der Waals surface area contributed by atoms with Crippen LogP contribution < -0.4 is 5.32 Å². The zero-order valence-corrected chi connectivity index (χ0v) is 15.7. The molecule has 24 heavy (non-hydrogen) atoms. The highest BCUT2D eigenvalue weighted by atomic mass is 32.2. The molecule has 4 heteroatoms. The van der Waals surface area contributed by atoms with Crippen LogP contribution in [0.15, 0.2) is 53.4 Å². The minimum atomic E-state index is -0.117. The number of nitrogens with zero attached hydrogens (tertiary/aromatic N) is 1. The van der Waals surface area contributed by atoms with Gasteiger partial charge >= 0.3 is 0 Å². The normalized spacial score (nSPS) is 12.2. The number of benzene rings is 2. The molecule has 0 spiro atoms. The van der Waals surface area contributed by atoms with Crippen molar-refractivity contribution in [3.63, 3.8) is 0 Å². The predicted octanol–water partition coefficient (Wildman–Crippen LogP) is 3.85. The fraction of sp³-hybridized carbons (Fsp3) is 0.350. The van der Waals surface area contributed by atoms with E-state index in [1.165, 1.54) is 16.7 Å². The van der Waals surface area contributed by atoms with Gasteiger partial charge < -0.3 is 10.2 Å². The molecule has 128 valence electrons. The largest absolute Gasteiger partial charge is 0.351 e. The molecular weight excluding hydrogens is 316 g/mol. The number of carbonyl (C=O) groups excluding carboxylic acids is 1.